The van der Waals surface area contributed by atoms with Crippen molar-refractivity contribution in [1.82, 2.24) is 15.1 Å². The van der Waals surface area contributed by atoms with Gasteiger partial charge in [-0.2, -0.15) is 0 Å². The number of hydrogen-bond donors (Lipinski definition) is 0. The van der Waals surface area contributed by atoms with E-state index in [-0.39, 0.29) is 0 Å². The Bertz CT molecular complexity index is 918. The molecule has 2 fully saturated rings. The summed E-state index contributed by atoms with van der Waals surface area (Å²) in [5.74, 6) is 0.974. The van der Waals surface area contributed by atoms with E-state index in [0.29, 0.717) is 23.9 Å². The molecular formula is C23H25N3S. The molecule has 0 spiro atoms. The summed E-state index contributed by atoms with van der Waals surface area (Å²) < 4.78 is 0. The summed E-state index contributed by atoms with van der Waals surface area (Å²) in [7, 11) is 2.31. The largest absolute Gasteiger partial charge is 0.300 e. The topological polar surface area (TPSA) is 29.0 Å². The zero-order chi connectivity index (χ0) is 18.4. The van der Waals surface area contributed by atoms with Gasteiger partial charge < -0.3 is 0 Å². The third-order valence-electron chi connectivity index (χ3n) is 6.52. The average molecular weight is 376 g/mol. The number of piperidine rings is 1. The van der Waals surface area contributed by atoms with E-state index in [4.69, 9.17) is 5.10 Å². The van der Waals surface area contributed by atoms with Crippen LogP contribution in [0.2, 0.25) is 0 Å². The van der Waals surface area contributed by atoms with E-state index in [2.05, 4.69) is 72.5 Å². The van der Waals surface area contributed by atoms with Crippen molar-refractivity contribution in [3.63, 3.8) is 0 Å². The predicted octanol–water partition coefficient (Wildman–Crippen LogP) is 5.25. The van der Waals surface area contributed by atoms with E-state index in [9.17, 15) is 0 Å². The van der Waals surface area contributed by atoms with Gasteiger partial charge in [0.25, 0.3) is 0 Å². The van der Waals surface area contributed by atoms with Crippen LogP contribution < -0.4 is 0 Å². The number of nitrogens with zero attached hydrogens (tertiary/aromatic N) is 3. The van der Waals surface area contributed by atoms with Crippen LogP contribution in [-0.4, -0.2) is 34.2 Å². The molecule has 3 nitrogen and oxygen atoms in total. The molecule has 2 aliphatic rings. The Kier molecular flexibility index (Phi) is 4.33. The first-order valence-corrected chi connectivity index (χ1v) is 10.7. The molecule has 5 rings (SSSR count). The monoisotopic (exact) mass is 375 g/mol. The van der Waals surface area contributed by atoms with Crippen LogP contribution in [0.4, 0.5) is 0 Å². The van der Waals surface area contributed by atoms with Crippen molar-refractivity contribution in [1.29, 1.82) is 0 Å². The van der Waals surface area contributed by atoms with Crippen LogP contribution in [0.25, 0.3) is 10.6 Å². The highest BCUT2D eigenvalue weighted by Gasteiger charge is 2.47. The fourth-order valence-electron chi connectivity index (χ4n) is 5.03. The highest BCUT2D eigenvalue weighted by molar-refractivity contribution is 7.14. The summed E-state index contributed by atoms with van der Waals surface area (Å²) in [5, 5.41) is 11.5. The first-order chi connectivity index (χ1) is 13.2. The molecule has 27 heavy (non-hydrogen) atoms. The van der Waals surface area contributed by atoms with Crippen molar-refractivity contribution in [2.45, 2.75) is 50.1 Å². The van der Waals surface area contributed by atoms with Crippen molar-refractivity contribution >= 4 is 11.3 Å². The van der Waals surface area contributed by atoms with Crippen LogP contribution in [0.15, 0.2) is 54.6 Å². The number of aromatic nitrogens is 2. The fraction of sp³-hybridized carbons (Fsp3) is 0.391. The van der Waals surface area contributed by atoms with Crippen LogP contribution in [0.3, 0.4) is 0 Å². The Morgan fingerprint density at radius 3 is 2.52 bits per heavy atom. The highest BCUT2D eigenvalue weighted by atomic mass is 32.1. The Balaban J connectivity index is 1.54. The first kappa shape index (κ1) is 17.1. The molecular weight excluding hydrogens is 350 g/mol. The molecule has 0 aliphatic carbocycles. The Hall–Kier alpha value is -2.04. The minimum Gasteiger partial charge on any atom is -0.300 e. The maximum absolute atomic E-state index is 4.70. The van der Waals surface area contributed by atoms with Gasteiger partial charge in [0.05, 0.1) is 0 Å². The van der Waals surface area contributed by atoms with E-state index in [0.717, 1.165) is 5.01 Å². The van der Waals surface area contributed by atoms with E-state index < -0.39 is 0 Å². The number of rotatable bonds is 3. The van der Waals surface area contributed by atoms with Gasteiger partial charge in [-0.25, -0.2) is 0 Å². The van der Waals surface area contributed by atoms with Gasteiger partial charge in [0.2, 0.25) is 0 Å². The second kappa shape index (κ2) is 6.84. The highest BCUT2D eigenvalue weighted by Crippen LogP contribution is 2.51. The van der Waals surface area contributed by atoms with E-state index in [1.54, 1.807) is 11.3 Å². The third kappa shape index (κ3) is 3.01. The maximum atomic E-state index is 4.70. The molecule has 2 unspecified atom stereocenters. The molecule has 2 saturated heterocycles. The molecule has 0 radical (unpaired) electrons. The normalized spacial score (nSPS) is 27.8. The molecule has 2 aliphatic heterocycles. The second-order valence-corrected chi connectivity index (χ2v) is 9.06. The summed E-state index contributed by atoms with van der Waals surface area (Å²) in [4.78, 5) is 2.61. The lowest BCUT2D eigenvalue weighted by Gasteiger charge is -2.42. The van der Waals surface area contributed by atoms with Gasteiger partial charge in [0.1, 0.15) is 10.0 Å². The minimum atomic E-state index is 0.436. The smallest absolute Gasteiger partial charge is 0.147 e. The molecule has 0 amide bonds. The van der Waals surface area contributed by atoms with E-state index in [1.807, 2.05) is 6.07 Å². The summed E-state index contributed by atoms with van der Waals surface area (Å²) in [6.45, 7) is 2.16. The number of benzene rings is 2. The van der Waals surface area contributed by atoms with Gasteiger partial charge in [-0.3, -0.25) is 4.90 Å². The molecule has 3 aromatic rings. The SMILES string of the molecule is Cc1ccc([C@H]2C[C@H]3CCC(C2c2nnc(-c4ccccc4)s2)N3C)cc1. The molecule has 4 atom stereocenters. The molecule has 0 saturated carbocycles. The van der Waals surface area contributed by atoms with Crippen LogP contribution in [0.5, 0.6) is 0 Å². The molecule has 0 N–H and O–H groups in total. The number of fused-ring (bicyclic) bond motifs is 2. The quantitative estimate of drug-likeness (QED) is 0.626. The molecule has 4 heteroatoms. The Morgan fingerprint density at radius 1 is 0.963 bits per heavy atom. The van der Waals surface area contributed by atoms with Gasteiger partial charge in [-0.05, 0) is 44.7 Å². The minimum absolute atomic E-state index is 0.436. The van der Waals surface area contributed by atoms with Crippen LogP contribution >= 0.6 is 11.3 Å². The zero-order valence-corrected chi connectivity index (χ0v) is 16.7. The van der Waals surface area contributed by atoms with Gasteiger partial charge in [-0.1, -0.05) is 71.5 Å². The van der Waals surface area contributed by atoms with Crippen molar-refractivity contribution in [3.05, 3.63) is 70.7 Å². The number of hydrogen-bond acceptors (Lipinski definition) is 4. The summed E-state index contributed by atoms with van der Waals surface area (Å²) >= 11 is 1.78. The second-order valence-electron chi connectivity index (χ2n) is 8.05. The third-order valence-corrected chi connectivity index (χ3v) is 7.59. The lowest BCUT2D eigenvalue weighted by molar-refractivity contribution is 0.137. The van der Waals surface area contributed by atoms with Crippen molar-refractivity contribution < 1.29 is 0 Å². The van der Waals surface area contributed by atoms with Crippen molar-refractivity contribution in [2.75, 3.05) is 7.05 Å². The maximum Gasteiger partial charge on any atom is 0.147 e. The van der Waals surface area contributed by atoms with Crippen LogP contribution in [0, 0.1) is 6.92 Å². The number of aryl methyl sites for hydroxylation is 1. The molecule has 2 bridgehead atoms. The van der Waals surface area contributed by atoms with Crippen molar-refractivity contribution in [3.8, 4) is 10.6 Å². The molecule has 1 aromatic heterocycles. The van der Waals surface area contributed by atoms with Gasteiger partial charge in [0, 0.05) is 23.6 Å². The van der Waals surface area contributed by atoms with E-state index >= 15 is 0 Å². The number of likely N-dealkylation sites (N-methyl/N-ethyl adjacent to an activating group) is 1. The van der Waals surface area contributed by atoms with Gasteiger partial charge in [-0.15, -0.1) is 10.2 Å². The Morgan fingerprint density at radius 2 is 1.74 bits per heavy atom. The van der Waals surface area contributed by atoms with Crippen molar-refractivity contribution in [2.24, 2.45) is 0 Å². The average Bonchev–Trinajstić information content (AvgIpc) is 3.26. The molecule has 2 aromatic carbocycles. The summed E-state index contributed by atoms with van der Waals surface area (Å²) in [6, 6.07) is 20.9. The predicted molar refractivity (Wildman–Crippen MR) is 111 cm³/mol. The van der Waals surface area contributed by atoms with Crippen LogP contribution in [0.1, 0.15) is 47.2 Å². The summed E-state index contributed by atoms with van der Waals surface area (Å²) in [6.07, 6.45) is 3.81. The lowest BCUT2D eigenvalue weighted by atomic mass is 9.76. The van der Waals surface area contributed by atoms with E-state index in [1.165, 1.54) is 41.0 Å². The first-order valence-electron chi connectivity index (χ1n) is 9.88. The zero-order valence-electron chi connectivity index (χ0n) is 15.9. The standard InChI is InChI=1S/C23H25N3S/c1-15-8-10-16(11-9-15)19-14-18-12-13-20(26(18)2)21(19)23-25-24-22(27-23)17-6-4-3-5-7-17/h3-11,18-21H,12-14H2,1-2H3/t18-,19-,20?,21?/m1/s1. The van der Waals surface area contributed by atoms with Crippen LogP contribution in [-0.2, 0) is 0 Å². The fourth-order valence-corrected chi connectivity index (χ4v) is 6.10. The van der Waals surface area contributed by atoms with Gasteiger partial charge >= 0.3 is 0 Å². The lowest BCUT2D eigenvalue weighted by Crippen LogP contribution is -2.44. The molecule has 3 heterocycles. The Labute approximate surface area is 165 Å². The molecule has 138 valence electrons. The van der Waals surface area contributed by atoms with Gasteiger partial charge in [0.15, 0.2) is 0 Å². The summed E-state index contributed by atoms with van der Waals surface area (Å²) in [5.41, 5.74) is 3.96.